The Morgan fingerprint density at radius 3 is 2.95 bits per heavy atom. The van der Waals surface area contributed by atoms with Gasteiger partial charge in [0.25, 0.3) is 5.91 Å². The van der Waals surface area contributed by atoms with Crippen molar-refractivity contribution in [2.75, 3.05) is 6.61 Å². The van der Waals surface area contributed by atoms with E-state index in [2.05, 4.69) is 21.2 Å². The van der Waals surface area contributed by atoms with E-state index in [1.807, 2.05) is 6.92 Å². The van der Waals surface area contributed by atoms with Gasteiger partial charge in [-0.05, 0) is 44.0 Å². The summed E-state index contributed by atoms with van der Waals surface area (Å²) >= 11 is 3.36. The normalized spacial score (nSPS) is 19.3. The van der Waals surface area contributed by atoms with Crippen LogP contribution >= 0.6 is 15.9 Å². The molecule has 0 spiro atoms. The van der Waals surface area contributed by atoms with Crippen LogP contribution in [0.1, 0.15) is 30.1 Å². The van der Waals surface area contributed by atoms with E-state index in [0.717, 1.165) is 23.9 Å². The van der Waals surface area contributed by atoms with Crippen LogP contribution in [0.3, 0.4) is 0 Å². The number of benzene rings is 1. The van der Waals surface area contributed by atoms with Gasteiger partial charge in [0.15, 0.2) is 0 Å². The number of rotatable bonds is 3. The van der Waals surface area contributed by atoms with Gasteiger partial charge >= 0.3 is 5.63 Å². The molecule has 1 aromatic carbocycles. The van der Waals surface area contributed by atoms with Crippen LogP contribution in [0.15, 0.2) is 37.9 Å². The maximum Gasteiger partial charge on any atom is 0.349 e. The molecule has 22 heavy (non-hydrogen) atoms. The number of carbonyl (C=O) groups excluding carboxylic acids is 1. The van der Waals surface area contributed by atoms with Crippen molar-refractivity contribution in [3.63, 3.8) is 0 Å². The Balaban J connectivity index is 1.86. The molecule has 2 aromatic rings. The lowest BCUT2D eigenvalue weighted by Gasteiger charge is -2.19. The molecule has 1 amide bonds. The third kappa shape index (κ3) is 3.08. The molecule has 1 saturated heterocycles. The molecular formula is C16H16BrNO4. The predicted octanol–water partition coefficient (Wildman–Crippen LogP) is 2.85. The maximum atomic E-state index is 12.3. The number of fused-ring (bicyclic) bond motifs is 1. The first-order chi connectivity index (χ1) is 10.5. The van der Waals surface area contributed by atoms with Gasteiger partial charge < -0.3 is 14.5 Å². The summed E-state index contributed by atoms with van der Waals surface area (Å²) in [5, 5.41) is 3.52. The highest BCUT2D eigenvalue weighted by Gasteiger charge is 2.25. The average Bonchev–Trinajstić information content (AvgIpc) is 3.01. The van der Waals surface area contributed by atoms with Gasteiger partial charge in [-0.2, -0.15) is 0 Å². The van der Waals surface area contributed by atoms with Crippen LogP contribution in [0.25, 0.3) is 11.0 Å². The Morgan fingerprint density at radius 2 is 2.23 bits per heavy atom. The minimum absolute atomic E-state index is 0.00518. The fourth-order valence-electron chi connectivity index (χ4n) is 2.63. The van der Waals surface area contributed by atoms with Crippen molar-refractivity contribution >= 4 is 32.8 Å². The van der Waals surface area contributed by atoms with Gasteiger partial charge in [-0.15, -0.1) is 0 Å². The van der Waals surface area contributed by atoms with E-state index in [1.54, 1.807) is 24.3 Å². The molecule has 6 heteroatoms. The fourth-order valence-corrected chi connectivity index (χ4v) is 3.01. The second kappa shape index (κ2) is 6.22. The van der Waals surface area contributed by atoms with Gasteiger partial charge in [-0.1, -0.05) is 15.9 Å². The molecule has 2 heterocycles. The Labute approximate surface area is 135 Å². The van der Waals surface area contributed by atoms with E-state index in [-0.39, 0.29) is 17.7 Å². The van der Waals surface area contributed by atoms with Gasteiger partial charge in [0.05, 0.1) is 12.1 Å². The van der Waals surface area contributed by atoms with Crippen LogP contribution in [-0.2, 0) is 4.74 Å². The van der Waals surface area contributed by atoms with E-state index in [4.69, 9.17) is 9.15 Å². The molecule has 116 valence electrons. The standard InChI is InChI=1S/C16H16BrNO4/c1-9(13-3-2-6-21-13)18-15(19)12-8-10-7-11(17)4-5-14(10)22-16(12)20/h4-5,7-9,13H,2-3,6H2,1H3,(H,18,19)/t9-,13+/m1/s1. The summed E-state index contributed by atoms with van der Waals surface area (Å²) in [4.78, 5) is 24.3. The van der Waals surface area contributed by atoms with Crippen molar-refractivity contribution in [1.29, 1.82) is 0 Å². The fraction of sp³-hybridized carbons (Fsp3) is 0.375. The molecule has 1 aromatic heterocycles. The van der Waals surface area contributed by atoms with Gasteiger partial charge in [-0.3, -0.25) is 4.79 Å². The SMILES string of the molecule is C[C@@H](NC(=O)c1cc2cc(Br)ccc2oc1=O)[C@@H]1CCCO1. The molecule has 0 radical (unpaired) electrons. The molecule has 1 aliphatic heterocycles. The van der Waals surface area contributed by atoms with E-state index in [1.165, 1.54) is 0 Å². The first-order valence-electron chi connectivity index (χ1n) is 7.20. The minimum Gasteiger partial charge on any atom is -0.422 e. The zero-order chi connectivity index (χ0) is 15.7. The van der Waals surface area contributed by atoms with E-state index >= 15 is 0 Å². The molecule has 0 saturated carbocycles. The summed E-state index contributed by atoms with van der Waals surface area (Å²) in [6.45, 7) is 2.60. The molecule has 0 unspecified atom stereocenters. The summed E-state index contributed by atoms with van der Waals surface area (Å²) in [6, 6.07) is 6.69. The largest absolute Gasteiger partial charge is 0.422 e. The van der Waals surface area contributed by atoms with Crippen molar-refractivity contribution in [2.45, 2.75) is 31.9 Å². The first-order valence-corrected chi connectivity index (χ1v) is 8.00. The van der Waals surface area contributed by atoms with Crippen LogP contribution in [0.2, 0.25) is 0 Å². The number of ether oxygens (including phenoxy) is 1. The second-order valence-corrected chi connectivity index (χ2v) is 6.36. The summed E-state index contributed by atoms with van der Waals surface area (Å²) in [5.41, 5.74) is -0.167. The molecule has 2 atom stereocenters. The lowest BCUT2D eigenvalue weighted by atomic mass is 10.1. The Kier molecular flexibility index (Phi) is 4.31. The molecule has 0 bridgehead atoms. The summed E-state index contributed by atoms with van der Waals surface area (Å²) in [5.74, 6) is -0.432. The van der Waals surface area contributed by atoms with Crippen molar-refractivity contribution < 1.29 is 13.9 Å². The maximum absolute atomic E-state index is 12.3. The third-order valence-electron chi connectivity index (χ3n) is 3.82. The summed E-state index contributed by atoms with van der Waals surface area (Å²) in [6.07, 6.45) is 1.92. The monoisotopic (exact) mass is 365 g/mol. The van der Waals surface area contributed by atoms with E-state index in [0.29, 0.717) is 11.0 Å². The number of nitrogens with one attached hydrogen (secondary N) is 1. The first kappa shape index (κ1) is 15.2. The quantitative estimate of drug-likeness (QED) is 0.849. The molecular weight excluding hydrogens is 350 g/mol. The van der Waals surface area contributed by atoms with Crippen LogP contribution in [0.5, 0.6) is 0 Å². The predicted molar refractivity (Wildman–Crippen MR) is 86.1 cm³/mol. The van der Waals surface area contributed by atoms with Gasteiger partial charge in [-0.25, -0.2) is 4.79 Å². The van der Waals surface area contributed by atoms with Crippen LogP contribution in [0, 0.1) is 0 Å². The molecule has 3 rings (SSSR count). The average molecular weight is 366 g/mol. The lowest BCUT2D eigenvalue weighted by Crippen LogP contribution is -2.42. The van der Waals surface area contributed by atoms with Crippen LogP contribution in [-0.4, -0.2) is 24.7 Å². The minimum atomic E-state index is -0.633. The zero-order valence-electron chi connectivity index (χ0n) is 12.1. The van der Waals surface area contributed by atoms with Crippen molar-refractivity contribution in [3.05, 3.63) is 44.7 Å². The highest BCUT2D eigenvalue weighted by Crippen LogP contribution is 2.20. The highest BCUT2D eigenvalue weighted by molar-refractivity contribution is 9.10. The number of hydrogen-bond acceptors (Lipinski definition) is 4. The summed E-state index contributed by atoms with van der Waals surface area (Å²) < 4.78 is 11.6. The van der Waals surface area contributed by atoms with Crippen molar-refractivity contribution in [3.8, 4) is 0 Å². The molecule has 5 nitrogen and oxygen atoms in total. The third-order valence-corrected chi connectivity index (χ3v) is 4.31. The molecule has 1 N–H and O–H groups in total. The Morgan fingerprint density at radius 1 is 1.41 bits per heavy atom. The smallest absolute Gasteiger partial charge is 0.349 e. The second-order valence-electron chi connectivity index (χ2n) is 5.44. The van der Waals surface area contributed by atoms with Crippen LogP contribution in [0.4, 0.5) is 0 Å². The van der Waals surface area contributed by atoms with Gasteiger partial charge in [0.1, 0.15) is 11.1 Å². The van der Waals surface area contributed by atoms with Gasteiger partial charge in [0.2, 0.25) is 0 Å². The molecule has 1 fully saturated rings. The van der Waals surface area contributed by atoms with Crippen molar-refractivity contribution in [1.82, 2.24) is 5.32 Å². The number of carbonyl (C=O) groups is 1. The highest BCUT2D eigenvalue weighted by atomic mass is 79.9. The Hall–Kier alpha value is -1.66. The zero-order valence-corrected chi connectivity index (χ0v) is 13.7. The molecule has 0 aliphatic carbocycles. The van der Waals surface area contributed by atoms with Crippen LogP contribution < -0.4 is 10.9 Å². The van der Waals surface area contributed by atoms with E-state index < -0.39 is 11.5 Å². The number of amides is 1. The summed E-state index contributed by atoms with van der Waals surface area (Å²) in [7, 11) is 0. The molecule has 1 aliphatic rings. The lowest BCUT2D eigenvalue weighted by molar-refractivity contribution is 0.0710. The van der Waals surface area contributed by atoms with Crippen molar-refractivity contribution in [2.24, 2.45) is 0 Å². The van der Waals surface area contributed by atoms with Gasteiger partial charge in [0, 0.05) is 16.5 Å². The topological polar surface area (TPSA) is 68.5 Å². The van der Waals surface area contributed by atoms with E-state index in [9.17, 15) is 9.59 Å². The number of hydrogen-bond donors (Lipinski definition) is 1. The Bertz CT molecular complexity index is 764. The number of halogens is 1.